The molecule has 4 nitrogen and oxygen atoms in total. The molecular weight excluding hydrogens is 261 g/mol. The summed E-state index contributed by atoms with van der Waals surface area (Å²) in [5, 5.41) is 0. The van der Waals surface area contributed by atoms with E-state index in [0.717, 1.165) is 0 Å². The average molecular weight is 277 g/mol. The lowest BCUT2D eigenvalue weighted by molar-refractivity contribution is 0.0514. The Morgan fingerprint density at radius 1 is 1.30 bits per heavy atom. The molecule has 0 aliphatic carbocycles. The van der Waals surface area contributed by atoms with Gasteiger partial charge in [0, 0.05) is 11.8 Å². The Bertz CT molecular complexity index is 607. The van der Waals surface area contributed by atoms with E-state index in [4.69, 9.17) is 9.47 Å². The molecule has 0 saturated heterocycles. The van der Waals surface area contributed by atoms with Gasteiger partial charge in [0.25, 0.3) is 0 Å². The molecule has 0 aliphatic heterocycles. The third-order valence-electron chi connectivity index (χ3n) is 2.92. The Labute approximate surface area is 116 Å². The van der Waals surface area contributed by atoms with Gasteiger partial charge in [-0.05, 0) is 25.1 Å². The van der Waals surface area contributed by atoms with Crippen molar-refractivity contribution in [2.75, 3.05) is 13.7 Å². The number of hydrogen-bond acceptors (Lipinski definition) is 3. The number of hydrogen-bond donors (Lipinski definition) is 0. The van der Waals surface area contributed by atoms with E-state index in [2.05, 4.69) is 0 Å². The van der Waals surface area contributed by atoms with Crippen LogP contribution in [0.1, 0.15) is 23.0 Å². The maximum absolute atomic E-state index is 14.1. The smallest absolute Gasteiger partial charge is 0.354 e. The maximum Gasteiger partial charge on any atom is 0.354 e. The SMILES string of the molecule is CCOC(=O)c1cccn1Cc1cccc(OC)c1F. The van der Waals surface area contributed by atoms with Gasteiger partial charge in [-0.25, -0.2) is 9.18 Å². The summed E-state index contributed by atoms with van der Waals surface area (Å²) in [4.78, 5) is 11.8. The average Bonchev–Trinajstić information content (AvgIpc) is 2.90. The van der Waals surface area contributed by atoms with Crippen molar-refractivity contribution < 1.29 is 18.7 Å². The van der Waals surface area contributed by atoms with Crippen LogP contribution in [0.3, 0.4) is 0 Å². The molecule has 2 aromatic rings. The van der Waals surface area contributed by atoms with Crippen molar-refractivity contribution in [1.82, 2.24) is 4.57 Å². The summed E-state index contributed by atoms with van der Waals surface area (Å²) in [7, 11) is 1.42. The molecule has 0 spiro atoms. The third kappa shape index (κ3) is 2.82. The van der Waals surface area contributed by atoms with Gasteiger partial charge in [-0.1, -0.05) is 12.1 Å². The minimum Gasteiger partial charge on any atom is -0.494 e. The van der Waals surface area contributed by atoms with Crippen LogP contribution in [0, 0.1) is 5.82 Å². The Hall–Kier alpha value is -2.30. The highest BCUT2D eigenvalue weighted by atomic mass is 19.1. The van der Waals surface area contributed by atoms with Gasteiger partial charge in [0.1, 0.15) is 5.69 Å². The minimum atomic E-state index is -0.418. The Morgan fingerprint density at radius 3 is 2.80 bits per heavy atom. The molecule has 0 fully saturated rings. The molecule has 1 aromatic heterocycles. The van der Waals surface area contributed by atoms with E-state index < -0.39 is 11.8 Å². The molecule has 0 amide bonds. The zero-order valence-electron chi connectivity index (χ0n) is 11.4. The predicted molar refractivity (Wildman–Crippen MR) is 72.4 cm³/mol. The highest BCUT2D eigenvalue weighted by Gasteiger charge is 2.14. The van der Waals surface area contributed by atoms with E-state index in [-0.39, 0.29) is 12.3 Å². The Kier molecular flexibility index (Phi) is 4.40. The first-order chi connectivity index (χ1) is 9.67. The van der Waals surface area contributed by atoms with Gasteiger partial charge in [-0.3, -0.25) is 0 Å². The molecule has 20 heavy (non-hydrogen) atoms. The van der Waals surface area contributed by atoms with Gasteiger partial charge in [0.15, 0.2) is 11.6 Å². The van der Waals surface area contributed by atoms with Crippen molar-refractivity contribution >= 4 is 5.97 Å². The van der Waals surface area contributed by atoms with E-state index in [1.807, 2.05) is 0 Å². The second-order valence-electron chi connectivity index (χ2n) is 4.18. The van der Waals surface area contributed by atoms with E-state index in [9.17, 15) is 9.18 Å². The van der Waals surface area contributed by atoms with Crippen LogP contribution < -0.4 is 4.74 Å². The standard InChI is InChI=1S/C15H16FNO3/c1-3-20-15(18)12-7-5-9-17(12)10-11-6-4-8-13(19-2)14(11)16/h4-9H,3,10H2,1-2H3. The van der Waals surface area contributed by atoms with Gasteiger partial charge in [-0.2, -0.15) is 0 Å². The first kappa shape index (κ1) is 14.1. The van der Waals surface area contributed by atoms with Gasteiger partial charge in [0.05, 0.1) is 20.3 Å². The summed E-state index contributed by atoms with van der Waals surface area (Å²) in [5.41, 5.74) is 0.847. The number of esters is 1. The molecular formula is C15H16FNO3. The van der Waals surface area contributed by atoms with E-state index in [0.29, 0.717) is 17.9 Å². The maximum atomic E-state index is 14.1. The van der Waals surface area contributed by atoms with Crippen molar-refractivity contribution in [2.24, 2.45) is 0 Å². The monoisotopic (exact) mass is 277 g/mol. The van der Waals surface area contributed by atoms with Gasteiger partial charge >= 0.3 is 5.97 Å². The number of nitrogens with zero attached hydrogens (tertiary/aromatic N) is 1. The van der Waals surface area contributed by atoms with Crippen LogP contribution in [-0.2, 0) is 11.3 Å². The predicted octanol–water partition coefficient (Wildman–Crippen LogP) is 2.86. The highest BCUT2D eigenvalue weighted by Crippen LogP contribution is 2.21. The summed E-state index contributed by atoms with van der Waals surface area (Å²) < 4.78 is 25.6. The number of aromatic nitrogens is 1. The zero-order valence-corrected chi connectivity index (χ0v) is 11.4. The zero-order chi connectivity index (χ0) is 14.5. The van der Waals surface area contributed by atoms with E-state index in [1.54, 1.807) is 48.0 Å². The molecule has 0 unspecified atom stereocenters. The van der Waals surface area contributed by atoms with Crippen LogP contribution in [0.25, 0.3) is 0 Å². The first-order valence-corrected chi connectivity index (χ1v) is 6.31. The van der Waals surface area contributed by atoms with Crippen LogP contribution in [0.5, 0.6) is 5.75 Å². The topological polar surface area (TPSA) is 40.5 Å². The molecule has 2 rings (SSSR count). The number of carbonyl (C=O) groups is 1. The van der Waals surface area contributed by atoms with Crippen LogP contribution in [0.4, 0.5) is 4.39 Å². The second kappa shape index (κ2) is 6.23. The van der Waals surface area contributed by atoms with Gasteiger partial charge in [0.2, 0.25) is 0 Å². The van der Waals surface area contributed by atoms with Crippen molar-refractivity contribution in [1.29, 1.82) is 0 Å². The normalized spacial score (nSPS) is 10.3. The molecule has 1 heterocycles. The van der Waals surface area contributed by atoms with Crippen LogP contribution in [0.15, 0.2) is 36.5 Å². The molecule has 0 radical (unpaired) electrons. The number of ether oxygens (including phenoxy) is 2. The lowest BCUT2D eigenvalue weighted by atomic mass is 10.2. The van der Waals surface area contributed by atoms with Crippen molar-refractivity contribution in [2.45, 2.75) is 13.5 Å². The number of benzene rings is 1. The third-order valence-corrected chi connectivity index (χ3v) is 2.92. The van der Waals surface area contributed by atoms with E-state index in [1.165, 1.54) is 7.11 Å². The summed E-state index contributed by atoms with van der Waals surface area (Å²) in [6, 6.07) is 8.30. The molecule has 5 heteroatoms. The van der Waals surface area contributed by atoms with Crippen LogP contribution in [-0.4, -0.2) is 24.3 Å². The summed E-state index contributed by atoms with van der Waals surface area (Å²) >= 11 is 0. The summed E-state index contributed by atoms with van der Waals surface area (Å²) in [5.74, 6) is -0.647. The Morgan fingerprint density at radius 2 is 2.10 bits per heavy atom. The van der Waals surface area contributed by atoms with Crippen molar-refractivity contribution in [3.63, 3.8) is 0 Å². The van der Waals surface area contributed by atoms with Crippen LogP contribution >= 0.6 is 0 Å². The highest BCUT2D eigenvalue weighted by molar-refractivity contribution is 5.87. The van der Waals surface area contributed by atoms with Crippen molar-refractivity contribution in [3.8, 4) is 5.75 Å². The largest absolute Gasteiger partial charge is 0.494 e. The minimum absolute atomic E-state index is 0.187. The lowest BCUT2D eigenvalue weighted by Crippen LogP contribution is -2.13. The van der Waals surface area contributed by atoms with E-state index >= 15 is 0 Å². The molecule has 106 valence electrons. The summed E-state index contributed by atoms with van der Waals surface area (Å²) in [6.07, 6.45) is 1.71. The summed E-state index contributed by atoms with van der Waals surface area (Å²) in [6.45, 7) is 2.29. The van der Waals surface area contributed by atoms with Crippen LogP contribution in [0.2, 0.25) is 0 Å². The second-order valence-corrected chi connectivity index (χ2v) is 4.18. The molecule has 0 N–H and O–H groups in total. The fourth-order valence-corrected chi connectivity index (χ4v) is 1.96. The number of halogens is 1. The molecule has 1 aromatic carbocycles. The molecule has 0 atom stereocenters. The molecule has 0 aliphatic rings. The van der Waals surface area contributed by atoms with Gasteiger partial charge in [-0.15, -0.1) is 0 Å². The molecule has 0 bridgehead atoms. The quantitative estimate of drug-likeness (QED) is 0.789. The first-order valence-electron chi connectivity index (χ1n) is 6.31. The number of carbonyl (C=O) groups excluding carboxylic acids is 1. The van der Waals surface area contributed by atoms with Gasteiger partial charge < -0.3 is 14.0 Å². The fraction of sp³-hybridized carbons (Fsp3) is 0.267. The van der Waals surface area contributed by atoms with Crippen molar-refractivity contribution in [3.05, 3.63) is 53.6 Å². The number of rotatable bonds is 5. The molecule has 0 saturated carbocycles. The Balaban J connectivity index is 2.27. The fourth-order valence-electron chi connectivity index (χ4n) is 1.96. The number of methoxy groups -OCH3 is 1. The lowest BCUT2D eigenvalue weighted by Gasteiger charge is -2.11.